The molecule has 0 aliphatic heterocycles. The molecule has 14 heavy (non-hydrogen) atoms. The number of thiophene rings is 1. The van der Waals surface area contributed by atoms with Crippen molar-refractivity contribution in [3.8, 4) is 5.06 Å². The molecule has 0 amide bonds. The van der Waals surface area contributed by atoms with E-state index in [2.05, 4.69) is 20.7 Å². The van der Waals surface area contributed by atoms with Gasteiger partial charge in [0.25, 0.3) is 0 Å². The van der Waals surface area contributed by atoms with Crippen LogP contribution >= 0.6 is 27.3 Å². The van der Waals surface area contributed by atoms with E-state index in [1.807, 2.05) is 0 Å². The zero-order valence-electron chi connectivity index (χ0n) is 7.10. The van der Waals surface area contributed by atoms with Gasteiger partial charge in [-0.05, 0) is 18.6 Å². The predicted octanol–water partition coefficient (Wildman–Crippen LogP) is 3.63. The molecule has 1 rings (SSSR count). The summed E-state index contributed by atoms with van der Waals surface area (Å²) in [5.74, 6) is 0. The van der Waals surface area contributed by atoms with Crippen LogP contribution in [0, 0.1) is 0 Å². The number of halogens is 4. The second kappa shape index (κ2) is 5.02. The van der Waals surface area contributed by atoms with E-state index >= 15 is 0 Å². The van der Waals surface area contributed by atoms with Crippen molar-refractivity contribution < 1.29 is 17.9 Å². The normalized spacial score (nSPS) is 11.7. The van der Waals surface area contributed by atoms with Gasteiger partial charge < -0.3 is 4.74 Å². The van der Waals surface area contributed by atoms with Crippen molar-refractivity contribution in [3.05, 3.63) is 17.0 Å². The van der Waals surface area contributed by atoms with Crippen molar-refractivity contribution in [2.45, 2.75) is 12.6 Å². The van der Waals surface area contributed by atoms with Crippen LogP contribution in [0.1, 0.15) is 4.88 Å². The van der Waals surface area contributed by atoms with Gasteiger partial charge >= 0.3 is 6.18 Å². The highest BCUT2D eigenvalue weighted by Gasteiger charge is 2.28. The Hall–Kier alpha value is -0.230. The standard InChI is InChI=1S/C8H8BrF3OS/c9-4-3-6-1-2-7(14-6)13-5-8(10,11)12/h1-2H,3-5H2. The van der Waals surface area contributed by atoms with Crippen molar-refractivity contribution in [2.24, 2.45) is 0 Å². The maximum atomic E-state index is 11.8. The largest absolute Gasteiger partial charge is 0.475 e. The molecule has 6 heteroatoms. The van der Waals surface area contributed by atoms with Gasteiger partial charge in [0.05, 0.1) is 0 Å². The van der Waals surface area contributed by atoms with E-state index < -0.39 is 12.8 Å². The number of rotatable bonds is 4. The van der Waals surface area contributed by atoms with Crippen molar-refractivity contribution in [3.63, 3.8) is 0 Å². The second-order valence-electron chi connectivity index (χ2n) is 2.56. The van der Waals surface area contributed by atoms with Crippen molar-refractivity contribution in [1.82, 2.24) is 0 Å². The highest BCUT2D eigenvalue weighted by molar-refractivity contribution is 9.09. The molecule has 0 saturated carbocycles. The van der Waals surface area contributed by atoms with Gasteiger partial charge in [0.2, 0.25) is 0 Å². The van der Waals surface area contributed by atoms with Crippen LogP contribution in [0.5, 0.6) is 5.06 Å². The molecule has 1 aromatic heterocycles. The minimum absolute atomic E-state index is 0.318. The molecule has 0 unspecified atom stereocenters. The zero-order valence-corrected chi connectivity index (χ0v) is 9.51. The van der Waals surface area contributed by atoms with Crippen molar-refractivity contribution in [1.29, 1.82) is 0 Å². The Labute approximate surface area is 92.0 Å². The van der Waals surface area contributed by atoms with E-state index in [-0.39, 0.29) is 0 Å². The van der Waals surface area contributed by atoms with Gasteiger partial charge in [-0.3, -0.25) is 0 Å². The molecule has 1 nitrogen and oxygen atoms in total. The van der Waals surface area contributed by atoms with Crippen LogP contribution in [0.3, 0.4) is 0 Å². The summed E-state index contributed by atoms with van der Waals surface area (Å²) in [4.78, 5) is 1.01. The van der Waals surface area contributed by atoms with E-state index in [4.69, 9.17) is 0 Å². The van der Waals surface area contributed by atoms with Crippen LogP contribution in [-0.2, 0) is 6.42 Å². The van der Waals surface area contributed by atoms with Gasteiger partial charge in [-0.2, -0.15) is 13.2 Å². The van der Waals surface area contributed by atoms with Crippen LogP contribution in [0.2, 0.25) is 0 Å². The molecular weight excluding hydrogens is 281 g/mol. The average molecular weight is 289 g/mol. The molecule has 1 heterocycles. The first kappa shape index (κ1) is 11.8. The Kier molecular flexibility index (Phi) is 4.25. The van der Waals surface area contributed by atoms with Gasteiger partial charge in [-0.1, -0.05) is 15.9 Å². The van der Waals surface area contributed by atoms with Crippen LogP contribution in [0.25, 0.3) is 0 Å². The fourth-order valence-corrected chi connectivity index (χ4v) is 2.36. The lowest BCUT2D eigenvalue weighted by Crippen LogP contribution is -2.18. The summed E-state index contributed by atoms with van der Waals surface area (Å²) in [6, 6.07) is 3.34. The lowest BCUT2D eigenvalue weighted by molar-refractivity contribution is -0.152. The zero-order chi connectivity index (χ0) is 10.6. The molecule has 0 fully saturated rings. The maximum absolute atomic E-state index is 11.8. The fraction of sp³-hybridized carbons (Fsp3) is 0.500. The lowest BCUT2D eigenvalue weighted by Gasteiger charge is -2.06. The van der Waals surface area contributed by atoms with Crippen molar-refractivity contribution in [2.75, 3.05) is 11.9 Å². The topological polar surface area (TPSA) is 9.23 Å². The Balaban J connectivity index is 2.44. The minimum atomic E-state index is -4.26. The molecule has 0 aliphatic carbocycles. The van der Waals surface area contributed by atoms with E-state index in [1.54, 1.807) is 12.1 Å². The van der Waals surface area contributed by atoms with Crippen molar-refractivity contribution >= 4 is 27.3 Å². The minimum Gasteiger partial charge on any atom is -0.475 e. The monoisotopic (exact) mass is 288 g/mol. The van der Waals surface area contributed by atoms with Gasteiger partial charge in [0.1, 0.15) is 0 Å². The number of hydrogen-bond donors (Lipinski definition) is 0. The first-order valence-corrected chi connectivity index (χ1v) is 5.79. The molecule has 0 N–H and O–H groups in total. The summed E-state index contributed by atoms with van der Waals surface area (Å²) in [5.41, 5.74) is 0. The third kappa shape index (κ3) is 4.32. The maximum Gasteiger partial charge on any atom is 0.422 e. The summed E-state index contributed by atoms with van der Waals surface area (Å²) in [6.45, 7) is -1.22. The molecular formula is C8H8BrF3OS. The van der Waals surface area contributed by atoms with Crippen LogP contribution in [-0.4, -0.2) is 18.1 Å². The molecule has 0 spiro atoms. The summed E-state index contributed by atoms with van der Waals surface area (Å²) in [5, 5.41) is 1.12. The van der Waals surface area contributed by atoms with Gasteiger partial charge in [-0.15, -0.1) is 11.3 Å². The highest BCUT2D eigenvalue weighted by atomic mass is 79.9. The summed E-state index contributed by atoms with van der Waals surface area (Å²) in [7, 11) is 0. The molecule has 0 aromatic carbocycles. The number of alkyl halides is 4. The lowest BCUT2D eigenvalue weighted by atomic mass is 10.4. The third-order valence-corrected chi connectivity index (χ3v) is 2.81. The molecule has 1 aromatic rings. The van der Waals surface area contributed by atoms with E-state index in [1.165, 1.54) is 11.3 Å². The van der Waals surface area contributed by atoms with E-state index in [0.29, 0.717) is 5.06 Å². The quantitative estimate of drug-likeness (QED) is 0.769. The van der Waals surface area contributed by atoms with Crippen LogP contribution < -0.4 is 4.74 Å². The summed E-state index contributed by atoms with van der Waals surface area (Å²) in [6.07, 6.45) is -3.46. The fourth-order valence-electron chi connectivity index (χ4n) is 0.816. The number of aryl methyl sites for hydroxylation is 1. The Bertz CT molecular complexity index is 284. The third-order valence-electron chi connectivity index (χ3n) is 1.36. The van der Waals surface area contributed by atoms with Gasteiger partial charge in [-0.25, -0.2) is 0 Å². The first-order valence-electron chi connectivity index (χ1n) is 3.85. The highest BCUT2D eigenvalue weighted by Crippen LogP contribution is 2.27. The summed E-state index contributed by atoms with van der Waals surface area (Å²) < 4.78 is 39.9. The average Bonchev–Trinajstić information content (AvgIpc) is 2.49. The Morgan fingerprint density at radius 1 is 1.36 bits per heavy atom. The molecule has 0 bridgehead atoms. The Morgan fingerprint density at radius 2 is 2.07 bits per heavy atom. The number of hydrogen-bond acceptors (Lipinski definition) is 2. The van der Waals surface area contributed by atoms with Gasteiger partial charge in [0, 0.05) is 10.2 Å². The smallest absolute Gasteiger partial charge is 0.422 e. The SMILES string of the molecule is FC(F)(F)COc1ccc(CCBr)s1. The molecule has 0 saturated heterocycles. The molecule has 0 aliphatic rings. The molecule has 80 valence electrons. The Morgan fingerprint density at radius 3 is 2.64 bits per heavy atom. The van der Waals surface area contributed by atoms with Crippen LogP contribution in [0.15, 0.2) is 12.1 Å². The van der Waals surface area contributed by atoms with Gasteiger partial charge in [0.15, 0.2) is 11.7 Å². The molecule has 0 radical (unpaired) electrons. The van der Waals surface area contributed by atoms with E-state index in [9.17, 15) is 13.2 Å². The molecule has 0 atom stereocenters. The van der Waals surface area contributed by atoms with E-state index in [0.717, 1.165) is 16.6 Å². The number of ether oxygens (including phenoxy) is 1. The van der Waals surface area contributed by atoms with Crippen LogP contribution in [0.4, 0.5) is 13.2 Å². The summed E-state index contributed by atoms with van der Waals surface area (Å²) >= 11 is 4.50. The first-order chi connectivity index (χ1) is 6.51. The predicted molar refractivity (Wildman–Crippen MR) is 53.4 cm³/mol. The second-order valence-corrected chi connectivity index (χ2v) is 4.49.